The summed E-state index contributed by atoms with van der Waals surface area (Å²) in [5.74, 6) is 0.567. The first kappa shape index (κ1) is 14.4. The zero-order chi connectivity index (χ0) is 12.5. The Hall–Kier alpha value is 1.02. The summed E-state index contributed by atoms with van der Waals surface area (Å²) in [5, 5.41) is 0.906. The van der Waals surface area contributed by atoms with Crippen molar-refractivity contribution >= 4 is 39.1 Å². The van der Waals surface area contributed by atoms with E-state index in [1.165, 1.54) is 12.8 Å². The van der Waals surface area contributed by atoms with Crippen LogP contribution < -0.4 is 0 Å². The molecule has 1 aliphatic carbocycles. The van der Waals surface area contributed by atoms with Crippen molar-refractivity contribution in [3.05, 3.63) is 13.0 Å². The number of halogens is 3. The minimum Gasteiger partial charge on any atom is -0.364 e. The third-order valence-electron chi connectivity index (χ3n) is 3.92. The van der Waals surface area contributed by atoms with Crippen LogP contribution in [0.3, 0.4) is 0 Å². The molecular formula is C13H19BrCl2O. The van der Waals surface area contributed by atoms with E-state index in [9.17, 15) is 0 Å². The molecule has 0 spiro atoms. The summed E-state index contributed by atoms with van der Waals surface area (Å²) >= 11 is 16.2. The van der Waals surface area contributed by atoms with Gasteiger partial charge in [-0.05, 0) is 38.0 Å². The van der Waals surface area contributed by atoms with E-state index in [0.29, 0.717) is 12.3 Å². The van der Waals surface area contributed by atoms with Crippen LogP contribution in [0.1, 0.15) is 44.9 Å². The van der Waals surface area contributed by atoms with Crippen LogP contribution in [0.2, 0.25) is 0 Å². The van der Waals surface area contributed by atoms with Crippen molar-refractivity contribution in [1.82, 2.24) is 0 Å². The van der Waals surface area contributed by atoms with Gasteiger partial charge in [-0.3, -0.25) is 0 Å². The molecule has 0 aromatic rings. The second kappa shape index (κ2) is 5.56. The molecule has 3 rings (SSSR count). The van der Waals surface area contributed by atoms with Crippen molar-refractivity contribution in [3.63, 3.8) is 0 Å². The molecule has 0 aromatic carbocycles. The molecule has 1 nitrogen and oxygen atoms in total. The number of rotatable bonds is 5. The van der Waals surface area contributed by atoms with E-state index in [1.54, 1.807) is 0 Å². The van der Waals surface area contributed by atoms with Gasteiger partial charge in [-0.2, -0.15) is 0 Å². The summed E-state index contributed by atoms with van der Waals surface area (Å²) in [5.41, 5.74) is 0.0123. The maximum atomic E-state index is 6.31. The Labute approximate surface area is 123 Å². The van der Waals surface area contributed by atoms with Crippen molar-refractivity contribution in [2.45, 2.75) is 54.9 Å². The molecule has 0 amide bonds. The lowest BCUT2D eigenvalue weighted by Crippen LogP contribution is -2.48. The highest BCUT2D eigenvalue weighted by Crippen LogP contribution is 2.52. The van der Waals surface area contributed by atoms with Crippen LogP contribution in [0.5, 0.6) is 0 Å². The van der Waals surface area contributed by atoms with Crippen LogP contribution in [-0.2, 0) is 4.74 Å². The molecular weight excluding hydrogens is 323 g/mol. The van der Waals surface area contributed by atoms with Gasteiger partial charge < -0.3 is 4.74 Å². The van der Waals surface area contributed by atoms with Crippen LogP contribution in [0.4, 0.5) is 0 Å². The number of hydrogen-bond acceptors (Lipinski definition) is 1. The average Bonchev–Trinajstić information content (AvgIpc) is 2.30. The van der Waals surface area contributed by atoms with Crippen LogP contribution in [0.25, 0.3) is 0 Å². The van der Waals surface area contributed by atoms with Crippen molar-refractivity contribution in [3.8, 4) is 0 Å². The molecule has 0 unspecified atom stereocenters. The minimum absolute atomic E-state index is 0.0123. The van der Waals surface area contributed by atoms with Gasteiger partial charge in [0.15, 0.2) is 0 Å². The number of ether oxygens (including phenoxy) is 1. The van der Waals surface area contributed by atoms with E-state index in [-0.39, 0.29) is 5.60 Å². The summed E-state index contributed by atoms with van der Waals surface area (Å²) in [7, 11) is 0. The molecule has 1 saturated carbocycles. The lowest BCUT2D eigenvalue weighted by Gasteiger charge is -2.50. The third-order valence-corrected chi connectivity index (χ3v) is 5.59. The van der Waals surface area contributed by atoms with Crippen molar-refractivity contribution in [1.29, 1.82) is 0 Å². The fraction of sp³-hybridized carbons (Fsp3) is 0.846. The molecule has 0 aromatic heterocycles. The third kappa shape index (κ3) is 3.32. The summed E-state index contributed by atoms with van der Waals surface area (Å²) in [6, 6.07) is 0. The van der Waals surface area contributed by atoms with Gasteiger partial charge in [0.25, 0.3) is 0 Å². The van der Waals surface area contributed by atoms with E-state index in [2.05, 4.69) is 22.9 Å². The molecule has 2 bridgehead atoms. The molecule has 3 fully saturated rings. The minimum atomic E-state index is -0.706. The Balaban J connectivity index is 1.98. The largest absolute Gasteiger partial charge is 0.364 e. The summed E-state index contributed by atoms with van der Waals surface area (Å²) in [4.78, 5) is 0. The first-order valence-corrected chi connectivity index (χ1v) is 8.16. The molecule has 98 valence electrons. The van der Waals surface area contributed by atoms with Gasteiger partial charge >= 0.3 is 0 Å². The molecule has 3 aliphatic rings. The Morgan fingerprint density at radius 3 is 2.59 bits per heavy atom. The number of fused-ring (bicyclic) bond motifs is 3. The van der Waals surface area contributed by atoms with E-state index in [1.807, 2.05) is 0 Å². The molecule has 2 heterocycles. The topological polar surface area (TPSA) is 9.23 Å². The molecule has 0 atom stereocenters. The summed E-state index contributed by atoms with van der Waals surface area (Å²) in [6.45, 7) is 3.82. The van der Waals surface area contributed by atoms with Crippen LogP contribution in [-0.4, -0.2) is 15.3 Å². The van der Waals surface area contributed by atoms with Gasteiger partial charge in [0.05, 0.1) is 5.60 Å². The molecule has 2 radical (unpaired) electrons. The number of hydrogen-bond donors (Lipinski definition) is 0. The zero-order valence-electron chi connectivity index (χ0n) is 9.98. The highest BCUT2D eigenvalue weighted by atomic mass is 79.9. The van der Waals surface area contributed by atoms with Gasteiger partial charge in [-0.25, -0.2) is 0 Å². The highest BCUT2D eigenvalue weighted by molar-refractivity contribution is 9.09. The summed E-state index contributed by atoms with van der Waals surface area (Å²) < 4.78 is 5.48. The van der Waals surface area contributed by atoms with Gasteiger partial charge in [0.1, 0.15) is 10.4 Å². The smallest absolute Gasteiger partial charge is 0.121 e. The average molecular weight is 342 g/mol. The van der Waals surface area contributed by atoms with E-state index < -0.39 is 4.33 Å². The lowest BCUT2D eigenvalue weighted by atomic mass is 9.72. The van der Waals surface area contributed by atoms with Gasteiger partial charge in [-0.1, -0.05) is 29.3 Å². The standard InChI is InChI=1S/C13H19BrCl2O/c1-2-5-13(15,16)8-11-10-3-6-12(9-14,17-11)7-4-10/h10H,1-9H2. The Bertz CT molecular complexity index is 262. The fourth-order valence-corrected chi connectivity index (χ4v) is 4.08. The van der Waals surface area contributed by atoms with Gasteiger partial charge in [-0.15, -0.1) is 23.2 Å². The maximum absolute atomic E-state index is 6.31. The first-order chi connectivity index (χ1) is 8.00. The van der Waals surface area contributed by atoms with E-state index in [4.69, 9.17) is 27.9 Å². The van der Waals surface area contributed by atoms with Crippen molar-refractivity contribution in [2.75, 3.05) is 5.33 Å². The molecule has 17 heavy (non-hydrogen) atoms. The van der Waals surface area contributed by atoms with Crippen LogP contribution in [0.15, 0.2) is 0 Å². The van der Waals surface area contributed by atoms with Crippen molar-refractivity contribution < 1.29 is 4.74 Å². The molecule has 2 saturated heterocycles. The summed E-state index contributed by atoms with van der Waals surface area (Å²) in [6.07, 6.45) is 8.00. The predicted octanol–water partition coefficient (Wildman–Crippen LogP) is 5.05. The second-order valence-electron chi connectivity index (χ2n) is 5.30. The Morgan fingerprint density at radius 2 is 2.06 bits per heavy atom. The normalized spacial score (nSPS) is 34.2. The van der Waals surface area contributed by atoms with Gasteiger partial charge in [0.2, 0.25) is 0 Å². The Morgan fingerprint density at radius 1 is 1.41 bits per heavy atom. The molecule has 0 N–H and O–H groups in total. The first-order valence-electron chi connectivity index (χ1n) is 6.28. The van der Waals surface area contributed by atoms with E-state index >= 15 is 0 Å². The predicted molar refractivity (Wildman–Crippen MR) is 76.5 cm³/mol. The fourth-order valence-electron chi connectivity index (χ4n) is 2.87. The van der Waals surface area contributed by atoms with Crippen molar-refractivity contribution in [2.24, 2.45) is 5.92 Å². The van der Waals surface area contributed by atoms with Crippen LogP contribution >= 0.6 is 39.1 Å². The number of alkyl halides is 3. The quantitative estimate of drug-likeness (QED) is 0.636. The van der Waals surface area contributed by atoms with Crippen LogP contribution in [0, 0.1) is 18.9 Å². The second-order valence-corrected chi connectivity index (χ2v) is 7.50. The maximum Gasteiger partial charge on any atom is 0.121 e. The van der Waals surface area contributed by atoms with E-state index in [0.717, 1.165) is 37.1 Å². The highest BCUT2D eigenvalue weighted by Gasteiger charge is 2.48. The monoisotopic (exact) mass is 340 g/mol. The SMILES string of the molecule is [CH2]CCC(Cl)(Cl)C[C]1OC2(CBr)CCC1CC2. The molecule has 2 aliphatic heterocycles. The van der Waals surface area contributed by atoms with Gasteiger partial charge in [0, 0.05) is 11.8 Å². The Kier molecular flexibility index (Phi) is 4.72. The zero-order valence-corrected chi connectivity index (χ0v) is 13.1. The molecule has 4 heteroatoms. The lowest BCUT2D eigenvalue weighted by molar-refractivity contribution is -0.125.